The SMILES string of the molecule is CC(C)(C)OC(=O)N[C@H](C(=O)N1CC(F)CC1C#N)C1(Cc2ccc(F)cc2)CC1. The number of hydrogen-bond acceptors (Lipinski definition) is 4. The van der Waals surface area contributed by atoms with Crippen LogP contribution in [-0.2, 0) is 16.0 Å². The van der Waals surface area contributed by atoms with Gasteiger partial charge in [0.25, 0.3) is 0 Å². The largest absolute Gasteiger partial charge is 0.444 e. The maximum Gasteiger partial charge on any atom is 0.408 e. The highest BCUT2D eigenvalue weighted by atomic mass is 19.1. The Morgan fingerprint density at radius 2 is 1.97 bits per heavy atom. The number of likely N-dealkylation sites (tertiary alicyclic amines) is 1. The van der Waals surface area contributed by atoms with Crippen molar-refractivity contribution in [3.05, 3.63) is 35.6 Å². The first-order valence-corrected chi connectivity index (χ1v) is 10.1. The summed E-state index contributed by atoms with van der Waals surface area (Å²) < 4.78 is 32.5. The highest BCUT2D eigenvalue weighted by molar-refractivity contribution is 5.88. The Morgan fingerprint density at radius 3 is 2.50 bits per heavy atom. The van der Waals surface area contributed by atoms with Crippen LogP contribution in [0.1, 0.15) is 45.6 Å². The van der Waals surface area contributed by atoms with Gasteiger partial charge in [0.05, 0.1) is 12.6 Å². The number of carbonyl (C=O) groups excluding carboxylic acids is 2. The van der Waals surface area contributed by atoms with Crippen LogP contribution in [0.5, 0.6) is 0 Å². The minimum Gasteiger partial charge on any atom is -0.444 e. The number of nitriles is 1. The molecule has 3 rings (SSSR count). The summed E-state index contributed by atoms with van der Waals surface area (Å²) in [6.45, 7) is 4.98. The van der Waals surface area contributed by atoms with E-state index >= 15 is 0 Å². The summed E-state index contributed by atoms with van der Waals surface area (Å²) in [6.07, 6.45) is -0.263. The summed E-state index contributed by atoms with van der Waals surface area (Å²) >= 11 is 0. The highest BCUT2D eigenvalue weighted by Crippen LogP contribution is 2.52. The molecule has 162 valence electrons. The van der Waals surface area contributed by atoms with E-state index in [1.54, 1.807) is 32.9 Å². The van der Waals surface area contributed by atoms with Gasteiger partial charge >= 0.3 is 6.09 Å². The molecule has 3 atom stereocenters. The van der Waals surface area contributed by atoms with Gasteiger partial charge in [-0.1, -0.05) is 12.1 Å². The Balaban J connectivity index is 1.85. The second-order valence-electron chi connectivity index (χ2n) is 9.21. The zero-order chi connectivity index (χ0) is 22.1. The molecule has 2 aliphatic rings. The van der Waals surface area contributed by atoms with E-state index in [0.29, 0.717) is 19.3 Å². The smallest absolute Gasteiger partial charge is 0.408 e. The first kappa shape index (κ1) is 22.0. The zero-order valence-electron chi connectivity index (χ0n) is 17.5. The molecule has 1 aromatic carbocycles. The molecule has 0 spiro atoms. The second-order valence-corrected chi connectivity index (χ2v) is 9.21. The van der Waals surface area contributed by atoms with Crippen LogP contribution in [0.4, 0.5) is 13.6 Å². The van der Waals surface area contributed by atoms with Gasteiger partial charge in [-0.25, -0.2) is 13.6 Å². The number of alkyl carbamates (subject to hydrolysis) is 1. The molecule has 1 aliphatic heterocycles. The Bertz CT molecular complexity index is 841. The van der Waals surface area contributed by atoms with Gasteiger partial charge in [0, 0.05) is 11.8 Å². The van der Waals surface area contributed by atoms with Crippen LogP contribution in [0.15, 0.2) is 24.3 Å². The number of nitrogens with one attached hydrogen (secondary N) is 1. The quantitative estimate of drug-likeness (QED) is 0.792. The number of halogens is 2. The average Bonchev–Trinajstić information content (AvgIpc) is 3.32. The van der Waals surface area contributed by atoms with Crippen LogP contribution in [0.3, 0.4) is 0 Å². The number of hydrogen-bond donors (Lipinski definition) is 1. The molecule has 1 N–H and O–H groups in total. The Morgan fingerprint density at radius 1 is 1.33 bits per heavy atom. The Kier molecular flexibility index (Phi) is 6.02. The first-order valence-electron chi connectivity index (χ1n) is 10.1. The molecule has 0 radical (unpaired) electrons. The van der Waals surface area contributed by atoms with Crippen LogP contribution < -0.4 is 5.32 Å². The predicted octanol–water partition coefficient (Wildman–Crippen LogP) is 3.50. The van der Waals surface area contributed by atoms with E-state index in [-0.39, 0.29) is 18.8 Å². The van der Waals surface area contributed by atoms with Crippen molar-refractivity contribution in [2.24, 2.45) is 5.41 Å². The van der Waals surface area contributed by atoms with Gasteiger partial charge in [0.2, 0.25) is 5.91 Å². The number of benzene rings is 1. The maximum absolute atomic E-state index is 13.9. The molecule has 2 amide bonds. The fourth-order valence-corrected chi connectivity index (χ4v) is 3.96. The van der Waals surface area contributed by atoms with Crippen LogP contribution >= 0.6 is 0 Å². The lowest BCUT2D eigenvalue weighted by Gasteiger charge is -2.32. The lowest BCUT2D eigenvalue weighted by atomic mass is 9.87. The molecule has 2 unspecified atom stereocenters. The van der Waals surface area contributed by atoms with Gasteiger partial charge in [0.15, 0.2) is 0 Å². The molecule has 2 fully saturated rings. The fourth-order valence-electron chi connectivity index (χ4n) is 3.96. The molecule has 1 heterocycles. The van der Waals surface area contributed by atoms with Gasteiger partial charge in [-0.05, 0) is 57.7 Å². The van der Waals surface area contributed by atoms with Crippen LogP contribution in [-0.4, -0.2) is 47.3 Å². The van der Waals surface area contributed by atoms with E-state index < -0.39 is 41.3 Å². The van der Waals surface area contributed by atoms with Crippen molar-refractivity contribution in [1.82, 2.24) is 10.2 Å². The molecule has 1 aromatic rings. The second kappa shape index (κ2) is 8.21. The number of nitrogens with zero attached hydrogens (tertiary/aromatic N) is 2. The monoisotopic (exact) mass is 419 g/mol. The number of alkyl halides is 1. The third-order valence-electron chi connectivity index (χ3n) is 5.56. The molecular weight excluding hydrogens is 392 g/mol. The average molecular weight is 419 g/mol. The van der Waals surface area contributed by atoms with E-state index in [2.05, 4.69) is 5.32 Å². The molecule has 6 nitrogen and oxygen atoms in total. The minimum absolute atomic E-state index is 0.0354. The van der Waals surface area contributed by atoms with Crippen molar-refractivity contribution < 1.29 is 23.1 Å². The molecule has 8 heteroatoms. The van der Waals surface area contributed by atoms with Crippen LogP contribution in [0, 0.1) is 22.6 Å². The zero-order valence-corrected chi connectivity index (χ0v) is 17.5. The lowest BCUT2D eigenvalue weighted by Crippen LogP contribution is -2.55. The van der Waals surface area contributed by atoms with E-state index in [9.17, 15) is 23.6 Å². The van der Waals surface area contributed by atoms with Gasteiger partial charge in [0.1, 0.15) is 29.7 Å². The molecule has 1 saturated carbocycles. The van der Waals surface area contributed by atoms with E-state index in [1.807, 2.05) is 6.07 Å². The number of rotatable bonds is 5. The summed E-state index contributed by atoms with van der Waals surface area (Å²) in [6, 6.07) is 6.15. The summed E-state index contributed by atoms with van der Waals surface area (Å²) in [5, 5.41) is 12.0. The molecular formula is C22H27F2N3O3. The maximum atomic E-state index is 13.9. The molecule has 1 saturated heterocycles. The Hall–Kier alpha value is -2.69. The number of carbonyl (C=O) groups is 2. The molecule has 0 bridgehead atoms. The predicted molar refractivity (Wildman–Crippen MR) is 106 cm³/mol. The fraction of sp³-hybridized carbons (Fsp3) is 0.591. The third-order valence-corrected chi connectivity index (χ3v) is 5.56. The summed E-state index contributed by atoms with van der Waals surface area (Å²) in [5.41, 5.74) is -0.502. The van der Waals surface area contributed by atoms with Crippen molar-refractivity contribution in [3.63, 3.8) is 0 Å². The topological polar surface area (TPSA) is 82.4 Å². The van der Waals surface area contributed by atoms with Crippen LogP contribution in [0.2, 0.25) is 0 Å². The van der Waals surface area contributed by atoms with E-state index in [0.717, 1.165) is 5.56 Å². The Labute approximate surface area is 175 Å². The van der Waals surface area contributed by atoms with Crippen LogP contribution in [0.25, 0.3) is 0 Å². The van der Waals surface area contributed by atoms with Gasteiger partial charge in [-0.3, -0.25) is 4.79 Å². The van der Waals surface area contributed by atoms with Gasteiger partial charge in [-0.2, -0.15) is 5.26 Å². The standard InChI is InChI=1S/C22H27F2N3O3/c1-21(2,3)30-20(29)26-18(19(28)27-13-16(24)10-17(27)12-25)22(8-9-22)11-14-4-6-15(23)7-5-14/h4-7,16-18H,8-11,13H2,1-3H3,(H,26,29)/t16?,17?,18-/m1/s1. The molecule has 1 aliphatic carbocycles. The van der Waals surface area contributed by atoms with Gasteiger partial charge < -0.3 is 15.0 Å². The van der Waals surface area contributed by atoms with Crippen molar-refractivity contribution in [3.8, 4) is 6.07 Å². The first-order chi connectivity index (χ1) is 14.0. The van der Waals surface area contributed by atoms with Crippen molar-refractivity contribution >= 4 is 12.0 Å². The molecule has 0 aromatic heterocycles. The van der Waals surface area contributed by atoms with Gasteiger partial charge in [-0.15, -0.1) is 0 Å². The van der Waals surface area contributed by atoms with Crippen molar-refractivity contribution in [2.45, 2.75) is 70.3 Å². The van der Waals surface area contributed by atoms with E-state index in [1.165, 1.54) is 17.0 Å². The summed E-state index contributed by atoms with van der Waals surface area (Å²) in [5.74, 6) is -0.835. The highest BCUT2D eigenvalue weighted by Gasteiger charge is 2.55. The number of ether oxygens (including phenoxy) is 1. The van der Waals surface area contributed by atoms with Crippen molar-refractivity contribution in [2.75, 3.05) is 6.54 Å². The minimum atomic E-state index is -1.27. The van der Waals surface area contributed by atoms with E-state index in [4.69, 9.17) is 4.74 Å². The normalized spacial score (nSPS) is 23.4. The number of amides is 2. The third kappa shape index (κ3) is 5.07. The molecule has 30 heavy (non-hydrogen) atoms. The summed E-state index contributed by atoms with van der Waals surface area (Å²) in [7, 11) is 0. The lowest BCUT2D eigenvalue weighted by molar-refractivity contribution is -0.135. The van der Waals surface area contributed by atoms with Crippen molar-refractivity contribution in [1.29, 1.82) is 5.26 Å². The summed E-state index contributed by atoms with van der Waals surface area (Å²) in [4.78, 5) is 27.1.